The maximum Gasteiger partial charge on any atom is 0.330 e. The van der Waals surface area contributed by atoms with E-state index in [2.05, 4.69) is 0 Å². The van der Waals surface area contributed by atoms with Gasteiger partial charge in [0, 0.05) is 30.2 Å². The predicted octanol–water partition coefficient (Wildman–Crippen LogP) is -0.327. The molecule has 3 aromatic carbocycles. The number of aromatic hydroxyl groups is 5. The van der Waals surface area contributed by atoms with E-state index < -0.39 is 119 Å². The Bertz CT molecular complexity index is 2100. The molecule has 1 aromatic heterocycles. The Hall–Kier alpha value is -5.44. The molecule has 2 saturated heterocycles. The van der Waals surface area contributed by atoms with Crippen molar-refractivity contribution in [3.63, 3.8) is 0 Å². The molecule has 0 bridgehead atoms. The normalized spacial score (nSPS) is 28.6. The Labute approximate surface area is 303 Å². The number of fused-ring (bicyclic) bond motifs is 1. The lowest BCUT2D eigenvalue weighted by molar-refractivity contribution is -0.366. The molecule has 9 atom stereocenters. The minimum Gasteiger partial charge on any atom is -0.508 e. The number of carbonyl (C=O) groups excluding carboxylic acids is 1. The highest BCUT2D eigenvalue weighted by atomic mass is 16.7. The third kappa shape index (κ3) is 7.24. The number of benzene rings is 3. The van der Waals surface area contributed by atoms with Gasteiger partial charge >= 0.3 is 5.97 Å². The summed E-state index contributed by atoms with van der Waals surface area (Å²) in [7, 11) is 0. The van der Waals surface area contributed by atoms with Crippen LogP contribution >= 0.6 is 0 Å². The number of phenols is 5. The van der Waals surface area contributed by atoms with Gasteiger partial charge in [-0.15, -0.1) is 0 Å². The van der Waals surface area contributed by atoms with Crippen LogP contribution in [0.2, 0.25) is 0 Å². The molecule has 0 aliphatic carbocycles. The van der Waals surface area contributed by atoms with Crippen molar-refractivity contribution in [2.45, 2.75) is 61.0 Å². The van der Waals surface area contributed by atoms with Crippen LogP contribution in [0.25, 0.3) is 28.4 Å². The van der Waals surface area contributed by atoms with Crippen LogP contribution in [0.3, 0.4) is 0 Å². The third-order valence-electron chi connectivity index (χ3n) is 9.13. The smallest absolute Gasteiger partial charge is 0.330 e. The number of phenolic OH excluding ortho intramolecular Hbond substituents is 5. The average Bonchev–Trinajstić information content (AvgIpc) is 3.13. The van der Waals surface area contributed by atoms with Crippen LogP contribution in [0.1, 0.15) is 12.0 Å². The molecule has 0 amide bonds. The Kier molecular flexibility index (Phi) is 10.7. The summed E-state index contributed by atoms with van der Waals surface area (Å²) in [4.78, 5) is 26.7. The second-order valence-electron chi connectivity index (χ2n) is 12.8. The third-order valence-corrected chi connectivity index (χ3v) is 9.13. The van der Waals surface area contributed by atoms with Crippen LogP contribution < -0.4 is 10.2 Å². The number of rotatable bonds is 9. The molecule has 6 rings (SSSR count). The molecule has 3 heterocycles. The van der Waals surface area contributed by atoms with E-state index in [1.54, 1.807) is 0 Å². The highest BCUT2D eigenvalue weighted by Gasteiger charge is 2.64. The summed E-state index contributed by atoms with van der Waals surface area (Å²) in [6.07, 6.45) is -13.8. The minimum atomic E-state index is -3.10. The predicted molar refractivity (Wildman–Crippen MR) is 181 cm³/mol. The van der Waals surface area contributed by atoms with Gasteiger partial charge in [-0.05, 0) is 48.0 Å². The number of aliphatic hydroxyl groups excluding tert-OH is 5. The summed E-state index contributed by atoms with van der Waals surface area (Å²) in [5, 5.41) is 116. The van der Waals surface area contributed by atoms with Crippen LogP contribution in [-0.4, -0.2) is 130 Å². The number of carbonyl (C=O) groups is 1. The van der Waals surface area contributed by atoms with Gasteiger partial charge < -0.3 is 79.5 Å². The van der Waals surface area contributed by atoms with Crippen LogP contribution in [0.15, 0.2) is 69.9 Å². The lowest BCUT2D eigenvalue weighted by Crippen LogP contribution is -2.76. The summed E-state index contributed by atoms with van der Waals surface area (Å²) in [6.45, 7) is -1.55. The standard InChI is InChI=1S/C36H36O18/c37-13-19-12-23(43)28(45)34(51-19)36(49)33(48)29(46)25(14-50-26(44)8-2-15-1-7-20(40)21(41)9-15)53-35(36)54-32-30(47)27-22(42)10-18(39)11-24(27)52-31(32)16-3-5-17(38)6-4-16/h1-11,19,23,25,28-29,33-35,37-43,45-46,48-49H,12-14H2/b8-2+/t19-,23-,25+,28+,29-,33-,34+,35-,36-/m0/s1. The highest BCUT2D eigenvalue weighted by molar-refractivity contribution is 5.88. The molecule has 0 spiro atoms. The molecule has 18 nitrogen and oxygen atoms in total. The first-order chi connectivity index (χ1) is 25.6. The van der Waals surface area contributed by atoms with Crippen LogP contribution in [0.5, 0.6) is 34.5 Å². The molecule has 2 fully saturated rings. The zero-order valence-corrected chi connectivity index (χ0v) is 27.9. The number of hydrogen-bond acceptors (Lipinski definition) is 18. The van der Waals surface area contributed by atoms with Crippen molar-refractivity contribution >= 4 is 23.0 Å². The number of ether oxygens (including phenoxy) is 4. The zero-order valence-electron chi connectivity index (χ0n) is 27.9. The fraction of sp³-hybridized carbons (Fsp3) is 0.333. The van der Waals surface area contributed by atoms with Gasteiger partial charge in [0.25, 0.3) is 0 Å². The maximum atomic E-state index is 14.1. The topological polar surface area (TPSA) is 307 Å². The SMILES string of the molecule is O=C(/C=C/c1ccc(O)c(O)c1)OC[C@H]1O[C@@H](Oc2c(-c3ccc(O)cc3)oc3cc(O)cc(O)c3c2=O)[C@@](O)([C@@H]2O[C@H](CO)C[C@H](O)[C@H]2O)[C@@H](O)[C@H]1O. The van der Waals surface area contributed by atoms with Gasteiger partial charge in [0.15, 0.2) is 22.9 Å². The lowest BCUT2D eigenvalue weighted by Gasteiger charge is -2.53. The van der Waals surface area contributed by atoms with E-state index in [1.807, 2.05) is 0 Å². The van der Waals surface area contributed by atoms with Crippen molar-refractivity contribution in [2.24, 2.45) is 0 Å². The van der Waals surface area contributed by atoms with E-state index in [0.717, 1.165) is 24.3 Å². The molecule has 18 heteroatoms. The quantitative estimate of drug-likeness (QED) is 0.0592. The molecule has 11 N–H and O–H groups in total. The number of aliphatic hydroxyl groups is 6. The fourth-order valence-electron chi connectivity index (χ4n) is 6.29. The Balaban J connectivity index is 1.41. The minimum absolute atomic E-state index is 0.0634. The summed E-state index contributed by atoms with van der Waals surface area (Å²) < 4.78 is 28.6. The van der Waals surface area contributed by atoms with E-state index in [9.17, 15) is 65.8 Å². The molecule has 4 aromatic rings. The number of hydrogen-bond donors (Lipinski definition) is 11. The van der Waals surface area contributed by atoms with Crippen LogP contribution in [0.4, 0.5) is 0 Å². The second-order valence-corrected chi connectivity index (χ2v) is 12.8. The number of esters is 1. The summed E-state index contributed by atoms with van der Waals surface area (Å²) in [6, 6.07) is 10.6. The summed E-state index contributed by atoms with van der Waals surface area (Å²) in [5.74, 6) is -4.51. The molecular weight excluding hydrogens is 720 g/mol. The van der Waals surface area contributed by atoms with Gasteiger partial charge in [-0.1, -0.05) is 6.07 Å². The first-order valence-corrected chi connectivity index (χ1v) is 16.3. The first-order valence-electron chi connectivity index (χ1n) is 16.3. The molecule has 288 valence electrons. The molecule has 2 aliphatic heterocycles. The Morgan fingerprint density at radius 1 is 0.870 bits per heavy atom. The van der Waals surface area contributed by atoms with E-state index in [0.29, 0.717) is 5.56 Å². The lowest BCUT2D eigenvalue weighted by atomic mass is 9.77. The van der Waals surface area contributed by atoms with Crippen molar-refractivity contribution in [1.82, 2.24) is 0 Å². The second kappa shape index (κ2) is 15.1. The first kappa shape index (κ1) is 38.3. The molecule has 0 unspecified atom stereocenters. The highest BCUT2D eigenvalue weighted by Crippen LogP contribution is 2.42. The Morgan fingerprint density at radius 3 is 2.28 bits per heavy atom. The molecule has 54 heavy (non-hydrogen) atoms. The fourth-order valence-corrected chi connectivity index (χ4v) is 6.29. The van der Waals surface area contributed by atoms with Gasteiger partial charge in [-0.25, -0.2) is 4.79 Å². The van der Waals surface area contributed by atoms with Gasteiger partial charge in [0.05, 0.1) is 18.8 Å². The van der Waals surface area contributed by atoms with E-state index in [-0.39, 0.29) is 23.3 Å². The monoisotopic (exact) mass is 756 g/mol. The Morgan fingerprint density at radius 2 is 1.59 bits per heavy atom. The average molecular weight is 757 g/mol. The molecule has 2 aliphatic rings. The molecule has 0 saturated carbocycles. The molecular formula is C36H36O18. The van der Waals surface area contributed by atoms with Crippen molar-refractivity contribution in [2.75, 3.05) is 13.2 Å². The zero-order chi connectivity index (χ0) is 39.1. The van der Waals surface area contributed by atoms with Crippen molar-refractivity contribution < 1.29 is 84.3 Å². The van der Waals surface area contributed by atoms with Gasteiger partial charge in [-0.3, -0.25) is 4.79 Å². The molecule has 0 radical (unpaired) electrons. The van der Waals surface area contributed by atoms with Gasteiger partial charge in [0.2, 0.25) is 17.5 Å². The maximum absolute atomic E-state index is 14.1. The van der Waals surface area contributed by atoms with E-state index in [1.165, 1.54) is 42.5 Å². The van der Waals surface area contributed by atoms with Crippen LogP contribution in [0, 0.1) is 0 Å². The van der Waals surface area contributed by atoms with Crippen molar-refractivity contribution in [3.05, 3.63) is 76.5 Å². The van der Waals surface area contributed by atoms with Crippen molar-refractivity contribution in [1.29, 1.82) is 0 Å². The van der Waals surface area contributed by atoms with Gasteiger partial charge in [0.1, 0.15) is 65.3 Å². The summed E-state index contributed by atoms with van der Waals surface area (Å²) in [5.41, 5.74) is -4.19. The van der Waals surface area contributed by atoms with Gasteiger partial charge in [-0.2, -0.15) is 0 Å². The van der Waals surface area contributed by atoms with Crippen molar-refractivity contribution in [3.8, 4) is 45.8 Å². The van der Waals surface area contributed by atoms with E-state index in [4.69, 9.17) is 23.4 Å². The van der Waals surface area contributed by atoms with E-state index >= 15 is 0 Å². The van der Waals surface area contributed by atoms with Crippen LogP contribution in [-0.2, 0) is 19.0 Å². The summed E-state index contributed by atoms with van der Waals surface area (Å²) >= 11 is 0. The largest absolute Gasteiger partial charge is 0.508 e.